The summed E-state index contributed by atoms with van der Waals surface area (Å²) in [6.07, 6.45) is 1.59. The van der Waals surface area contributed by atoms with Crippen LogP contribution in [0, 0.1) is 6.92 Å². The van der Waals surface area contributed by atoms with Crippen LogP contribution in [0.15, 0.2) is 60.8 Å². The van der Waals surface area contributed by atoms with E-state index in [4.69, 9.17) is 5.73 Å². The van der Waals surface area contributed by atoms with Gasteiger partial charge in [-0.25, -0.2) is 4.98 Å². The Hall–Kier alpha value is -4.00. The molecule has 0 aliphatic heterocycles. The zero-order valence-electron chi connectivity index (χ0n) is 16.0. The van der Waals surface area contributed by atoms with Gasteiger partial charge in [0, 0.05) is 35.4 Å². The molecule has 7 heteroatoms. The number of hydrogen-bond donors (Lipinski definition) is 2. The lowest BCUT2D eigenvalue weighted by Crippen LogP contribution is -2.16. The van der Waals surface area contributed by atoms with Crippen molar-refractivity contribution in [1.82, 2.24) is 14.8 Å². The van der Waals surface area contributed by atoms with E-state index in [1.807, 2.05) is 37.3 Å². The predicted molar refractivity (Wildman–Crippen MR) is 112 cm³/mol. The van der Waals surface area contributed by atoms with Crippen LogP contribution in [0.3, 0.4) is 0 Å². The maximum absolute atomic E-state index is 12.4. The highest BCUT2D eigenvalue weighted by Gasteiger charge is 2.12. The molecule has 0 fully saturated rings. The number of nitrogens with zero attached hydrogens (tertiary/aromatic N) is 3. The molecule has 144 valence electrons. The fraction of sp³-hybridized carbons (Fsp3) is 0.0909. The SMILES string of the molecule is Cc1cc(-c2ccc3cc(C(N)=O)ccc3n2)ccc1NC(=O)c1ccnn1C. The van der Waals surface area contributed by atoms with Crippen molar-refractivity contribution in [1.29, 1.82) is 0 Å². The van der Waals surface area contributed by atoms with Crippen LogP contribution in [0.4, 0.5) is 5.69 Å². The molecule has 0 atom stereocenters. The molecule has 4 aromatic rings. The molecule has 4 rings (SSSR count). The lowest BCUT2D eigenvalue weighted by molar-refractivity contribution is 0.0996. The van der Waals surface area contributed by atoms with Crippen molar-refractivity contribution >= 4 is 28.4 Å². The standard InChI is InChI=1S/C22H19N5O2/c1-13-11-14(3-6-17(13)26-22(29)20-9-10-24-27(20)2)18-7-4-15-12-16(21(23)28)5-8-19(15)25-18/h3-12H,1-2H3,(H2,23,28)(H,26,29). The first-order valence-electron chi connectivity index (χ1n) is 9.03. The largest absolute Gasteiger partial charge is 0.366 e. The van der Waals surface area contributed by atoms with E-state index in [2.05, 4.69) is 15.4 Å². The second-order valence-electron chi connectivity index (χ2n) is 6.79. The first-order chi connectivity index (χ1) is 13.9. The average Bonchev–Trinajstić information content (AvgIpc) is 3.14. The Labute approximate surface area is 167 Å². The number of anilines is 1. The van der Waals surface area contributed by atoms with Gasteiger partial charge in [-0.3, -0.25) is 14.3 Å². The molecule has 2 aromatic heterocycles. The van der Waals surface area contributed by atoms with Gasteiger partial charge in [-0.2, -0.15) is 5.10 Å². The summed E-state index contributed by atoms with van der Waals surface area (Å²) < 4.78 is 1.53. The molecule has 0 bridgehead atoms. The highest BCUT2D eigenvalue weighted by Crippen LogP contribution is 2.26. The van der Waals surface area contributed by atoms with Gasteiger partial charge in [-0.15, -0.1) is 0 Å². The van der Waals surface area contributed by atoms with Crippen LogP contribution in [0.2, 0.25) is 0 Å². The Morgan fingerprint density at radius 3 is 2.55 bits per heavy atom. The molecule has 2 heterocycles. The normalized spacial score (nSPS) is 10.8. The van der Waals surface area contributed by atoms with Crippen LogP contribution in [-0.2, 0) is 7.05 Å². The smallest absolute Gasteiger partial charge is 0.273 e. The Morgan fingerprint density at radius 2 is 1.86 bits per heavy atom. The van der Waals surface area contributed by atoms with Gasteiger partial charge in [0.05, 0.1) is 11.2 Å². The Balaban J connectivity index is 1.62. The molecular formula is C22H19N5O2. The number of nitrogens with two attached hydrogens (primary N) is 1. The van der Waals surface area contributed by atoms with Crippen LogP contribution in [0.5, 0.6) is 0 Å². The third-order valence-electron chi connectivity index (χ3n) is 4.80. The minimum atomic E-state index is -0.463. The average molecular weight is 385 g/mol. The van der Waals surface area contributed by atoms with Crippen molar-refractivity contribution in [2.75, 3.05) is 5.32 Å². The quantitative estimate of drug-likeness (QED) is 0.562. The van der Waals surface area contributed by atoms with Gasteiger partial charge in [0.2, 0.25) is 5.91 Å². The summed E-state index contributed by atoms with van der Waals surface area (Å²) in [5.41, 5.74) is 10.4. The fourth-order valence-corrected chi connectivity index (χ4v) is 3.19. The number of carbonyl (C=O) groups is 2. The number of fused-ring (bicyclic) bond motifs is 1. The van der Waals surface area contributed by atoms with Gasteiger partial charge in [-0.05, 0) is 55.0 Å². The van der Waals surface area contributed by atoms with E-state index >= 15 is 0 Å². The summed E-state index contributed by atoms with van der Waals surface area (Å²) in [5, 5.41) is 7.78. The Morgan fingerprint density at radius 1 is 1.03 bits per heavy atom. The molecule has 29 heavy (non-hydrogen) atoms. The molecule has 0 spiro atoms. The minimum Gasteiger partial charge on any atom is -0.366 e. The van der Waals surface area contributed by atoms with Gasteiger partial charge in [0.15, 0.2) is 0 Å². The minimum absolute atomic E-state index is 0.213. The third kappa shape index (κ3) is 3.58. The van der Waals surface area contributed by atoms with E-state index in [1.165, 1.54) is 4.68 Å². The van der Waals surface area contributed by atoms with E-state index in [1.54, 1.807) is 37.5 Å². The van der Waals surface area contributed by atoms with Crippen molar-refractivity contribution in [3.05, 3.63) is 77.6 Å². The number of aryl methyl sites for hydroxylation is 2. The zero-order chi connectivity index (χ0) is 20.5. The second kappa shape index (κ2) is 7.20. The molecule has 0 aliphatic carbocycles. The molecule has 0 unspecified atom stereocenters. The summed E-state index contributed by atoms with van der Waals surface area (Å²) in [6.45, 7) is 1.93. The zero-order valence-corrected chi connectivity index (χ0v) is 16.0. The van der Waals surface area contributed by atoms with E-state index in [-0.39, 0.29) is 5.91 Å². The second-order valence-corrected chi connectivity index (χ2v) is 6.79. The number of carbonyl (C=O) groups excluding carboxylic acids is 2. The van der Waals surface area contributed by atoms with Crippen LogP contribution < -0.4 is 11.1 Å². The van der Waals surface area contributed by atoms with E-state index in [0.29, 0.717) is 11.3 Å². The van der Waals surface area contributed by atoms with Crippen molar-refractivity contribution < 1.29 is 9.59 Å². The summed E-state index contributed by atoms with van der Waals surface area (Å²) in [6, 6.07) is 16.4. The lowest BCUT2D eigenvalue weighted by atomic mass is 10.0. The number of hydrogen-bond acceptors (Lipinski definition) is 4. The maximum atomic E-state index is 12.4. The van der Waals surface area contributed by atoms with E-state index in [9.17, 15) is 9.59 Å². The van der Waals surface area contributed by atoms with Crippen molar-refractivity contribution in [3.63, 3.8) is 0 Å². The van der Waals surface area contributed by atoms with Gasteiger partial charge >= 0.3 is 0 Å². The fourth-order valence-electron chi connectivity index (χ4n) is 3.19. The molecule has 2 amide bonds. The molecule has 0 saturated carbocycles. The number of primary amides is 1. The number of amides is 2. The van der Waals surface area contributed by atoms with Gasteiger partial charge in [0.1, 0.15) is 5.69 Å². The summed E-state index contributed by atoms with van der Waals surface area (Å²) in [5.74, 6) is -0.676. The first kappa shape index (κ1) is 18.4. The highest BCUT2D eigenvalue weighted by atomic mass is 16.2. The number of nitrogens with one attached hydrogen (secondary N) is 1. The van der Waals surface area contributed by atoms with E-state index in [0.717, 1.165) is 33.4 Å². The number of aromatic nitrogens is 3. The monoisotopic (exact) mass is 385 g/mol. The molecule has 3 N–H and O–H groups in total. The number of rotatable bonds is 4. The van der Waals surface area contributed by atoms with Gasteiger partial charge in [0.25, 0.3) is 5.91 Å². The first-order valence-corrected chi connectivity index (χ1v) is 9.03. The topological polar surface area (TPSA) is 103 Å². The molecule has 2 aromatic carbocycles. The molecule has 0 saturated heterocycles. The van der Waals surface area contributed by atoms with Gasteiger partial charge in [-0.1, -0.05) is 12.1 Å². The number of benzene rings is 2. The van der Waals surface area contributed by atoms with Crippen LogP contribution in [0.25, 0.3) is 22.2 Å². The van der Waals surface area contributed by atoms with Crippen LogP contribution in [0.1, 0.15) is 26.4 Å². The van der Waals surface area contributed by atoms with Crippen LogP contribution in [-0.4, -0.2) is 26.6 Å². The van der Waals surface area contributed by atoms with Gasteiger partial charge < -0.3 is 11.1 Å². The Kier molecular flexibility index (Phi) is 4.56. The Bertz CT molecular complexity index is 1260. The lowest BCUT2D eigenvalue weighted by Gasteiger charge is -2.11. The van der Waals surface area contributed by atoms with E-state index < -0.39 is 5.91 Å². The van der Waals surface area contributed by atoms with Crippen LogP contribution >= 0.6 is 0 Å². The molecule has 7 nitrogen and oxygen atoms in total. The predicted octanol–water partition coefficient (Wildman–Crippen LogP) is 3.29. The molecular weight excluding hydrogens is 366 g/mol. The molecule has 0 aliphatic rings. The van der Waals surface area contributed by atoms with Crippen molar-refractivity contribution in [2.45, 2.75) is 6.92 Å². The third-order valence-corrected chi connectivity index (χ3v) is 4.80. The summed E-state index contributed by atoms with van der Waals surface area (Å²) in [4.78, 5) is 28.4. The molecule has 0 radical (unpaired) electrons. The van der Waals surface area contributed by atoms with Crippen molar-refractivity contribution in [2.24, 2.45) is 12.8 Å². The number of pyridine rings is 1. The van der Waals surface area contributed by atoms with Crippen molar-refractivity contribution in [3.8, 4) is 11.3 Å². The maximum Gasteiger partial charge on any atom is 0.273 e. The summed E-state index contributed by atoms with van der Waals surface area (Å²) in [7, 11) is 1.72. The highest BCUT2D eigenvalue weighted by molar-refractivity contribution is 6.03. The summed E-state index contributed by atoms with van der Waals surface area (Å²) >= 11 is 0.